The lowest BCUT2D eigenvalue weighted by molar-refractivity contribution is -0.422. The van der Waals surface area contributed by atoms with Crippen LogP contribution >= 0.6 is 0 Å². The molecule has 1 aliphatic rings. The fourth-order valence-corrected chi connectivity index (χ4v) is 1.94. The summed E-state index contributed by atoms with van der Waals surface area (Å²) in [7, 11) is -6.37. The minimum Gasteiger partial charge on any atom is -0.394 e. The third kappa shape index (κ3) is 3.04. The van der Waals surface area contributed by atoms with Crippen molar-refractivity contribution in [1.29, 1.82) is 0 Å². The lowest BCUT2D eigenvalue weighted by atomic mass is 9.98. The van der Waals surface area contributed by atoms with Crippen LogP contribution in [0.5, 0.6) is 0 Å². The van der Waals surface area contributed by atoms with E-state index >= 15 is 0 Å². The predicted octanol–water partition coefficient (Wildman–Crippen LogP) is -3.03. The van der Waals surface area contributed by atoms with Crippen LogP contribution < -0.4 is 0 Å². The van der Waals surface area contributed by atoms with Gasteiger partial charge >= 0.3 is 21.6 Å². The molecule has 120 valence electrons. The number of hydrogen-bond acceptors (Lipinski definition) is 9. The van der Waals surface area contributed by atoms with E-state index in [0.29, 0.717) is 0 Å². The third-order valence-corrected chi connectivity index (χ3v) is 3.47. The predicted molar refractivity (Wildman–Crippen MR) is 51.0 cm³/mol. The van der Waals surface area contributed by atoms with Crippen LogP contribution in [0.1, 0.15) is 0 Å². The highest BCUT2D eigenvalue weighted by atomic mass is 32.2. The first-order valence-electron chi connectivity index (χ1n) is 4.93. The molecule has 9 nitrogen and oxygen atoms in total. The van der Waals surface area contributed by atoms with Gasteiger partial charge in [-0.05, 0) is 0 Å². The van der Waals surface area contributed by atoms with E-state index in [-0.39, 0.29) is 0 Å². The van der Waals surface area contributed by atoms with E-state index in [0.717, 1.165) is 0 Å². The van der Waals surface area contributed by atoms with Gasteiger partial charge in [0, 0.05) is 0 Å². The molecule has 0 radical (unpaired) electrons. The topological polar surface area (TPSA) is 154 Å². The second-order valence-electron chi connectivity index (χ2n) is 3.88. The molecule has 1 heterocycles. The average Bonchev–Trinajstić information content (AvgIpc) is 2.29. The Bertz CT molecular complexity index is 449. The molecule has 0 unspecified atom stereocenters. The molecule has 1 aliphatic heterocycles. The normalized spacial score (nSPS) is 39.8. The molecule has 13 heteroatoms. The van der Waals surface area contributed by atoms with Crippen LogP contribution in [0.25, 0.3) is 0 Å². The molecule has 0 amide bonds. The van der Waals surface area contributed by atoms with Gasteiger partial charge in [0.1, 0.15) is 18.3 Å². The van der Waals surface area contributed by atoms with Crippen LogP contribution in [0.3, 0.4) is 0 Å². The summed E-state index contributed by atoms with van der Waals surface area (Å²) in [5, 5.41) is 46.0. The van der Waals surface area contributed by atoms with Crippen LogP contribution in [0.2, 0.25) is 0 Å². The van der Waals surface area contributed by atoms with Crippen molar-refractivity contribution in [3.05, 3.63) is 0 Å². The molecule has 1 fully saturated rings. The van der Waals surface area contributed by atoms with Crippen molar-refractivity contribution in [3.8, 4) is 0 Å². The van der Waals surface area contributed by atoms with Crippen LogP contribution in [-0.2, 0) is 19.0 Å². The van der Waals surface area contributed by atoms with E-state index in [2.05, 4.69) is 8.92 Å². The van der Waals surface area contributed by atoms with E-state index in [1.54, 1.807) is 0 Å². The number of halogens is 3. The molecule has 1 rings (SSSR count). The Morgan fingerprint density at radius 2 is 1.70 bits per heavy atom. The average molecular weight is 328 g/mol. The second-order valence-corrected chi connectivity index (χ2v) is 5.42. The van der Waals surface area contributed by atoms with Crippen molar-refractivity contribution >= 4 is 10.1 Å². The first-order valence-corrected chi connectivity index (χ1v) is 6.33. The molecule has 0 saturated carbocycles. The second kappa shape index (κ2) is 5.34. The molecule has 20 heavy (non-hydrogen) atoms. The minimum absolute atomic E-state index is 1.11. The molecule has 5 N–H and O–H groups in total. The van der Waals surface area contributed by atoms with E-state index < -0.39 is 52.6 Å². The van der Waals surface area contributed by atoms with Gasteiger partial charge in [-0.15, -0.1) is 0 Å². The molecule has 0 aromatic rings. The number of ether oxygens (including phenoxy) is 1. The first-order chi connectivity index (χ1) is 8.85. The van der Waals surface area contributed by atoms with Crippen molar-refractivity contribution < 1.29 is 56.0 Å². The zero-order valence-electron chi connectivity index (χ0n) is 9.43. The van der Waals surface area contributed by atoms with Gasteiger partial charge in [0.15, 0.2) is 6.10 Å². The third-order valence-electron chi connectivity index (χ3n) is 2.44. The van der Waals surface area contributed by atoms with Crippen molar-refractivity contribution in [2.75, 3.05) is 6.61 Å². The summed E-state index contributed by atoms with van der Waals surface area (Å²) >= 11 is 0. The summed E-state index contributed by atoms with van der Waals surface area (Å²) in [6.45, 7) is -1.11. The van der Waals surface area contributed by atoms with Gasteiger partial charge in [0.25, 0.3) is 0 Å². The van der Waals surface area contributed by atoms with Gasteiger partial charge in [0.05, 0.1) is 6.61 Å². The number of hydrogen-bond donors (Lipinski definition) is 5. The Labute approximate surface area is 109 Å². The summed E-state index contributed by atoms with van der Waals surface area (Å²) in [6.07, 6.45) is -8.94. The molecule has 0 aliphatic carbocycles. The van der Waals surface area contributed by atoms with E-state index in [1.807, 2.05) is 0 Å². The Morgan fingerprint density at radius 3 is 2.10 bits per heavy atom. The van der Waals surface area contributed by atoms with Gasteiger partial charge in [-0.25, -0.2) is 0 Å². The molecule has 0 aromatic carbocycles. The maximum Gasteiger partial charge on any atom is 0.523 e. The van der Waals surface area contributed by atoms with Crippen molar-refractivity contribution in [2.24, 2.45) is 0 Å². The molecule has 1 saturated heterocycles. The lowest BCUT2D eigenvalue weighted by Crippen LogP contribution is -2.67. The van der Waals surface area contributed by atoms with E-state index in [4.69, 9.17) is 5.11 Å². The Morgan fingerprint density at radius 1 is 1.20 bits per heavy atom. The molecule has 5 atom stereocenters. The smallest absolute Gasteiger partial charge is 0.394 e. The Hall–Kier alpha value is -0.540. The quantitative estimate of drug-likeness (QED) is 0.207. The standard InChI is InChI=1S/C7H11F3O9S/c8-7(9,10)20(16,17)19-6(15)5(14)4(13)3(12)2(1-11)18-6/h2-5,11-15H,1H2/t2-,3+,4+,5-,6+/m1/s1. The van der Waals surface area contributed by atoms with Crippen LogP contribution in [-0.4, -0.2) is 76.5 Å². The zero-order chi connectivity index (χ0) is 15.9. The fraction of sp³-hybridized carbons (Fsp3) is 1.00. The summed E-state index contributed by atoms with van der Waals surface area (Å²) in [5.41, 5.74) is -5.93. The van der Waals surface area contributed by atoms with Crippen LogP contribution in [0.4, 0.5) is 13.2 Å². The molecule has 0 aromatic heterocycles. The monoisotopic (exact) mass is 328 g/mol. The lowest BCUT2D eigenvalue weighted by Gasteiger charge is -2.43. The van der Waals surface area contributed by atoms with Crippen molar-refractivity contribution in [1.82, 2.24) is 0 Å². The van der Waals surface area contributed by atoms with Gasteiger partial charge < -0.3 is 30.3 Å². The molecular weight excluding hydrogens is 317 g/mol. The van der Waals surface area contributed by atoms with E-state index in [9.17, 15) is 42.0 Å². The van der Waals surface area contributed by atoms with Crippen LogP contribution in [0.15, 0.2) is 0 Å². The van der Waals surface area contributed by atoms with Crippen molar-refractivity contribution in [2.45, 2.75) is 35.9 Å². The maximum absolute atomic E-state index is 12.1. The summed E-state index contributed by atoms with van der Waals surface area (Å²) in [5.74, 6) is -3.82. The number of rotatable bonds is 3. The highest BCUT2D eigenvalue weighted by Crippen LogP contribution is 2.34. The fourth-order valence-electron chi connectivity index (χ4n) is 1.40. The van der Waals surface area contributed by atoms with Gasteiger partial charge in [0.2, 0.25) is 0 Å². The van der Waals surface area contributed by atoms with Crippen LogP contribution in [0, 0.1) is 0 Å². The Balaban J connectivity index is 3.08. The number of alkyl halides is 3. The summed E-state index contributed by atoms with van der Waals surface area (Å²) in [6, 6.07) is 0. The number of aliphatic hydroxyl groups is 5. The largest absolute Gasteiger partial charge is 0.523 e. The molecule has 0 bridgehead atoms. The minimum atomic E-state index is -6.37. The number of aliphatic hydroxyl groups excluding tert-OH is 4. The SMILES string of the molecule is O=S(=O)(O[C@@]1(O)O[C@H](CO)[C@H](O)[C@H](O)[C@H]1O)C(F)(F)F. The summed E-state index contributed by atoms with van der Waals surface area (Å²) < 4.78 is 65.4. The molecular formula is C7H11F3O9S. The zero-order valence-corrected chi connectivity index (χ0v) is 10.2. The van der Waals surface area contributed by atoms with Gasteiger partial charge in [-0.3, -0.25) is 0 Å². The van der Waals surface area contributed by atoms with Crippen molar-refractivity contribution in [3.63, 3.8) is 0 Å². The van der Waals surface area contributed by atoms with Gasteiger partial charge in [-0.1, -0.05) is 0 Å². The Kier molecular flexibility index (Phi) is 4.68. The van der Waals surface area contributed by atoms with Gasteiger partial charge in [-0.2, -0.15) is 25.8 Å². The maximum atomic E-state index is 12.1. The summed E-state index contributed by atoms with van der Waals surface area (Å²) in [4.78, 5) is 0. The highest BCUT2D eigenvalue weighted by molar-refractivity contribution is 7.87. The van der Waals surface area contributed by atoms with E-state index in [1.165, 1.54) is 0 Å². The highest BCUT2D eigenvalue weighted by Gasteiger charge is 2.60. The first kappa shape index (κ1) is 17.5. The molecule has 0 spiro atoms.